The molecule has 0 spiro atoms. The van der Waals surface area contributed by atoms with Crippen LogP contribution >= 0.6 is 0 Å². The maximum absolute atomic E-state index is 12.8. The maximum atomic E-state index is 12.8. The number of carbonyl (C=O) groups is 2. The number of methoxy groups -OCH3 is 1. The normalized spacial score (nSPS) is 14.1. The van der Waals surface area contributed by atoms with E-state index in [9.17, 15) is 9.59 Å². The molecule has 2 atom stereocenters. The topological polar surface area (TPSA) is 73.9 Å². The second-order valence-electron chi connectivity index (χ2n) is 7.11. The Morgan fingerprint density at radius 3 is 2.46 bits per heavy atom. The van der Waals surface area contributed by atoms with Crippen LogP contribution in [0.15, 0.2) is 18.2 Å². The number of anilines is 1. The van der Waals surface area contributed by atoms with E-state index in [0.717, 1.165) is 25.7 Å². The molecule has 0 aliphatic carbocycles. The molecule has 0 aliphatic rings. The number of benzene rings is 1. The van der Waals surface area contributed by atoms with Gasteiger partial charge in [0.2, 0.25) is 0 Å². The van der Waals surface area contributed by atoms with E-state index in [2.05, 4.69) is 12.2 Å². The fraction of sp³-hybridized carbons (Fsp3) is 0.636. The Morgan fingerprint density at radius 1 is 1.18 bits per heavy atom. The van der Waals surface area contributed by atoms with Gasteiger partial charge >= 0.3 is 5.97 Å². The van der Waals surface area contributed by atoms with Crippen molar-refractivity contribution in [1.29, 1.82) is 0 Å². The zero-order valence-electron chi connectivity index (χ0n) is 18.1. The van der Waals surface area contributed by atoms with Crippen LogP contribution in [-0.2, 0) is 14.3 Å². The monoisotopic (exact) mass is 393 g/mol. The lowest BCUT2D eigenvalue weighted by Crippen LogP contribution is -2.42. The SMILES string of the molecule is CCCCC[C@](C)(OC)C(=O)Nc1ccc(O[C@H](C)CC)c(C(=O)OCC)c1. The largest absolute Gasteiger partial charge is 0.490 e. The molecular formula is C22H35NO5. The summed E-state index contributed by atoms with van der Waals surface area (Å²) < 4.78 is 16.5. The van der Waals surface area contributed by atoms with Gasteiger partial charge in [-0.05, 0) is 51.8 Å². The first kappa shape index (κ1) is 24.0. The van der Waals surface area contributed by atoms with E-state index in [1.165, 1.54) is 0 Å². The van der Waals surface area contributed by atoms with E-state index in [0.29, 0.717) is 23.4 Å². The van der Waals surface area contributed by atoms with Gasteiger partial charge in [0.15, 0.2) is 0 Å². The molecule has 1 N–H and O–H groups in total. The van der Waals surface area contributed by atoms with Crippen molar-refractivity contribution in [1.82, 2.24) is 0 Å². The lowest BCUT2D eigenvalue weighted by Gasteiger charge is -2.27. The predicted octanol–water partition coefficient (Wildman–Crippen LogP) is 4.96. The number of esters is 1. The number of unbranched alkanes of at least 4 members (excludes halogenated alkanes) is 2. The third kappa shape index (κ3) is 6.82. The summed E-state index contributed by atoms with van der Waals surface area (Å²) >= 11 is 0. The molecule has 0 aromatic heterocycles. The van der Waals surface area contributed by atoms with Crippen molar-refractivity contribution < 1.29 is 23.8 Å². The van der Waals surface area contributed by atoms with Gasteiger partial charge in [-0.1, -0.05) is 33.1 Å². The van der Waals surface area contributed by atoms with Gasteiger partial charge in [0, 0.05) is 12.8 Å². The predicted molar refractivity (Wildman–Crippen MR) is 111 cm³/mol. The summed E-state index contributed by atoms with van der Waals surface area (Å²) in [5, 5.41) is 2.87. The van der Waals surface area contributed by atoms with Crippen molar-refractivity contribution in [3.8, 4) is 5.75 Å². The van der Waals surface area contributed by atoms with Crippen molar-refractivity contribution in [3.05, 3.63) is 23.8 Å². The van der Waals surface area contributed by atoms with E-state index in [1.54, 1.807) is 39.2 Å². The second kappa shape index (κ2) is 11.7. The Balaban J connectivity index is 3.05. The van der Waals surface area contributed by atoms with E-state index in [1.807, 2.05) is 13.8 Å². The number of nitrogens with one attached hydrogen (secondary N) is 1. The molecular weight excluding hydrogens is 358 g/mol. The molecule has 0 bridgehead atoms. The van der Waals surface area contributed by atoms with Crippen LogP contribution in [0, 0.1) is 0 Å². The average Bonchev–Trinajstić information content (AvgIpc) is 2.69. The zero-order valence-corrected chi connectivity index (χ0v) is 18.1. The highest BCUT2D eigenvalue weighted by molar-refractivity contribution is 5.99. The summed E-state index contributed by atoms with van der Waals surface area (Å²) in [5.74, 6) is -0.269. The van der Waals surface area contributed by atoms with Crippen molar-refractivity contribution in [2.24, 2.45) is 0 Å². The summed E-state index contributed by atoms with van der Waals surface area (Å²) in [6, 6.07) is 5.01. The molecule has 0 radical (unpaired) electrons. The van der Waals surface area contributed by atoms with Crippen molar-refractivity contribution in [2.75, 3.05) is 19.0 Å². The Labute approximate surface area is 168 Å². The molecule has 0 aliphatic heterocycles. The fourth-order valence-electron chi connectivity index (χ4n) is 2.66. The van der Waals surface area contributed by atoms with Crippen LogP contribution in [0.3, 0.4) is 0 Å². The van der Waals surface area contributed by atoms with Crippen LogP contribution < -0.4 is 10.1 Å². The summed E-state index contributed by atoms with van der Waals surface area (Å²) in [4.78, 5) is 25.2. The Bertz CT molecular complexity index is 646. The third-order valence-corrected chi connectivity index (χ3v) is 4.82. The van der Waals surface area contributed by atoms with Crippen LogP contribution in [-0.4, -0.2) is 37.3 Å². The minimum absolute atomic E-state index is 0.0380. The van der Waals surface area contributed by atoms with Gasteiger partial charge in [-0.25, -0.2) is 4.79 Å². The molecule has 1 rings (SSSR count). The molecule has 158 valence electrons. The lowest BCUT2D eigenvalue weighted by molar-refractivity contribution is -0.136. The smallest absolute Gasteiger partial charge is 0.341 e. The first-order chi connectivity index (χ1) is 13.3. The first-order valence-corrected chi connectivity index (χ1v) is 10.2. The van der Waals surface area contributed by atoms with Crippen LogP contribution in [0.2, 0.25) is 0 Å². The molecule has 6 nitrogen and oxygen atoms in total. The molecule has 0 fully saturated rings. The average molecular weight is 394 g/mol. The van der Waals surface area contributed by atoms with Crippen LogP contribution in [0.25, 0.3) is 0 Å². The molecule has 6 heteroatoms. The second-order valence-corrected chi connectivity index (χ2v) is 7.11. The number of ether oxygens (including phenoxy) is 3. The summed E-state index contributed by atoms with van der Waals surface area (Å²) in [5.41, 5.74) is -0.126. The Morgan fingerprint density at radius 2 is 1.89 bits per heavy atom. The number of rotatable bonds is 12. The van der Waals surface area contributed by atoms with Crippen molar-refractivity contribution in [2.45, 2.75) is 78.4 Å². The van der Waals surface area contributed by atoms with E-state index < -0.39 is 11.6 Å². The highest BCUT2D eigenvalue weighted by atomic mass is 16.5. The van der Waals surface area contributed by atoms with Gasteiger partial charge < -0.3 is 19.5 Å². The lowest BCUT2D eigenvalue weighted by atomic mass is 9.96. The zero-order chi connectivity index (χ0) is 21.2. The van der Waals surface area contributed by atoms with Gasteiger partial charge in [-0.15, -0.1) is 0 Å². The van der Waals surface area contributed by atoms with Gasteiger partial charge in [-0.3, -0.25) is 4.79 Å². The van der Waals surface area contributed by atoms with Gasteiger partial charge in [0.25, 0.3) is 5.91 Å². The van der Waals surface area contributed by atoms with E-state index in [4.69, 9.17) is 14.2 Å². The molecule has 0 saturated heterocycles. The molecule has 1 amide bonds. The Kier molecular flexibility index (Phi) is 10.0. The Hall–Kier alpha value is -2.08. The number of carbonyl (C=O) groups excluding carboxylic acids is 2. The van der Waals surface area contributed by atoms with Gasteiger partial charge in [0.1, 0.15) is 16.9 Å². The van der Waals surface area contributed by atoms with Crippen LogP contribution in [0.1, 0.15) is 77.1 Å². The summed E-state index contributed by atoms with van der Waals surface area (Å²) in [7, 11) is 1.54. The summed E-state index contributed by atoms with van der Waals surface area (Å²) in [6.45, 7) is 9.85. The number of amides is 1. The molecule has 0 unspecified atom stereocenters. The minimum atomic E-state index is -0.925. The third-order valence-electron chi connectivity index (χ3n) is 4.82. The van der Waals surface area contributed by atoms with E-state index in [-0.39, 0.29) is 18.6 Å². The fourth-order valence-corrected chi connectivity index (χ4v) is 2.66. The van der Waals surface area contributed by atoms with Gasteiger partial charge in [-0.2, -0.15) is 0 Å². The molecule has 28 heavy (non-hydrogen) atoms. The molecule has 0 saturated carbocycles. The quantitative estimate of drug-likeness (QED) is 0.401. The first-order valence-electron chi connectivity index (χ1n) is 10.2. The van der Waals surface area contributed by atoms with Crippen LogP contribution in [0.4, 0.5) is 5.69 Å². The van der Waals surface area contributed by atoms with Gasteiger partial charge in [0.05, 0.1) is 12.7 Å². The highest BCUT2D eigenvalue weighted by Crippen LogP contribution is 2.27. The standard InChI is InChI=1S/C22H35NO5/c1-7-10-11-14-22(5,26-6)21(25)23-17-12-13-19(28-16(4)8-2)18(15-17)20(24)27-9-3/h12-13,15-16H,7-11,14H2,1-6H3,(H,23,25)/t16-,22+/m1/s1. The number of hydrogen-bond donors (Lipinski definition) is 1. The molecule has 1 aromatic carbocycles. The van der Waals surface area contributed by atoms with Crippen LogP contribution in [0.5, 0.6) is 5.75 Å². The molecule has 0 heterocycles. The maximum Gasteiger partial charge on any atom is 0.341 e. The van der Waals surface area contributed by atoms with E-state index >= 15 is 0 Å². The highest BCUT2D eigenvalue weighted by Gasteiger charge is 2.32. The van der Waals surface area contributed by atoms with Crippen molar-refractivity contribution in [3.63, 3.8) is 0 Å². The summed E-state index contributed by atoms with van der Waals surface area (Å²) in [6.07, 6.45) is 4.42. The number of hydrogen-bond acceptors (Lipinski definition) is 5. The molecule has 1 aromatic rings. The van der Waals surface area contributed by atoms with Crippen molar-refractivity contribution >= 4 is 17.6 Å². The minimum Gasteiger partial charge on any atom is -0.490 e.